The molecule has 0 fully saturated rings. The normalized spacial score (nSPS) is 22.0. The van der Waals surface area contributed by atoms with Crippen molar-refractivity contribution in [3.8, 4) is 0 Å². The fourth-order valence-corrected chi connectivity index (χ4v) is 1.91. The van der Waals surface area contributed by atoms with Crippen LogP contribution < -0.4 is 0 Å². The fourth-order valence-electron chi connectivity index (χ4n) is 1.91. The van der Waals surface area contributed by atoms with Crippen molar-refractivity contribution < 1.29 is 0 Å². The average Bonchev–Trinajstić information content (AvgIpc) is 2.29. The molecule has 0 aromatic rings. The fraction of sp³-hybridized carbons (Fsp3) is 0.385. The molecule has 0 saturated carbocycles. The maximum Gasteiger partial charge on any atom is -0.00890 e. The highest BCUT2D eigenvalue weighted by Crippen LogP contribution is 2.29. The van der Waals surface area contributed by atoms with E-state index in [2.05, 4.69) is 38.2 Å². The van der Waals surface area contributed by atoms with Gasteiger partial charge in [-0.1, -0.05) is 35.5 Å². The van der Waals surface area contributed by atoms with E-state index in [1.54, 1.807) is 5.57 Å². The Morgan fingerprint density at radius 1 is 1.00 bits per heavy atom. The van der Waals surface area contributed by atoms with Gasteiger partial charge < -0.3 is 0 Å². The van der Waals surface area contributed by atoms with E-state index in [-0.39, 0.29) is 0 Å². The molecular formula is C13H16. The second kappa shape index (κ2) is 3.37. The smallest absolute Gasteiger partial charge is 0.00890 e. The summed E-state index contributed by atoms with van der Waals surface area (Å²) in [6.07, 6.45) is 12.8. The standard InChI is InChI=1S/C13H16/c1-10-3-6-12-7-5-11(2)9-13(12)8-4-10/h3-4,6,9H,5,7-8H2,1-2H3. The van der Waals surface area contributed by atoms with Gasteiger partial charge in [-0.05, 0) is 44.3 Å². The van der Waals surface area contributed by atoms with E-state index in [4.69, 9.17) is 0 Å². The molecule has 0 saturated heterocycles. The van der Waals surface area contributed by atoms with Crippen LogP contribution in [0.1, 0.15) is 33.1 Å². The van der Waals surface area contributed by atoms with Crippen molar-refractivity contribution in [2.75, 3.05) is 0 Å². The van der Waals surface area contributed by atoms with Crippen LogP contribution in [0.25, 0.3) is 0 Å². The number of hydrogen-bond donors (Lipinski definition) is 0. The van der Waals surface area contributed by atoms with Crippen molar-refractivity contribution in [3.05, 3.63) is 46.6 Å². The number of hydrogen-bond acceptors (Lipinski definition) is 0. The first-order valence-electron chi connectivity index (χ1n) is 5.00. The Hall–Kier alpha value is -1.04. The lowest BCUT2D eigenvalue weighted by Gasteiger charge is -2.14. The first kappa shape index (κ1) is 8.55. The largest absolute Gasteiger partial charge is 0.0772 e. The van der Waals surface area contributed by atoms with Gasteiger partial charge in [-0.25, -0.2) is 0 Å². The van der Waals surface area contributed by atoms with Gasteiger partial charge in [0.2, 0.25) is 0 Å². The molecule has 0 amide bonds. The highest BCUT2D eigenvalue weighted by atomic mass is 14.1. The second-order valence-corrected chi connectivity index (χ2v) is 4.03. The quantitative estimate of drug-likeness (QED) is 0.519. The molecule has 2 aliphatic rings. The molecule has 0 bridgehead atoms. The van der Waals surface area contributed by atoms with Crippen LogP contribution in [-0.2, 0) is 0 Å². The molecule has 0 heteroatoms. The van der Waals surface area contributed by atoms with Crippen LogP contribution in [0.5, 0.6) is 0 Å². The van der Waals surface area contributed by atoms with Crippen molar-refractivity contribution in [2.24, 2.45) is 0 Å². The van der Waals surface area contributed by atoms with Crippen molar-refractivity contribution >= 4 is 0 Å². The molecule has 0 nitrogen and oxygen atoms in total. The van der Waals surface area contributed by atoms with Crippen LogP contribution in [0.3, 0.4) is 0 Å². The van der Waals surface area contributed by atoms with E-state index in [9.17, 15) is 0 Å². The Bertz CT molecular complexity index is 335. The van der Waals surface area contributed by atoms with Crippen molar-refractivity contribution in [1.82, 2.24) is 0 Å². The van der Waals surface area contributed by atoms with E-state index in [1.165, 1.54) is 29.6 Å². The van der Waals surface area contributed by atoms with E-state index in [0.29, 0.717) is 0 Å². The summed E-state index contributed by atoms with van der Waals surface area (Å²) in [5.41, 5.74) is 5.98. The third-order valence-electron chi connectivity index (χ3n) is 2.81. The SMILES string of the molecule is CC1=CCC2=C(C=C1)CCC(C)=C2. The molecule has 0 heterocycles. The average molecular weight is 172 g/mol. The summed E-state index contributed by atoms with van der Waals surface area (Å²) in [6, 6.07) is 0. The molecule has 0 N–H and O–H groups in total. The summed E-state index contributed by atoms with van der Waals surface area (Å²) in [5, 5.41) is 0. The lowest BCUT2D eigenvalue weighted by molar-refractivity contribution is 0.901. The highest BCUT2D eigenvalue weighted by molar-refractivity contribution is 5.44. The van der Waals surface area contributed by atoms with Crippen molar-refractivity contribution in [2.45, 2.75) is 33.1 Å². The molecule has 0 unspecified atom stereocenters. The number of allylic oxidation sites excluding steroid dienone is 8. The van der Waals surface area contributed by atoms with Crippen LogP contribution >= 0.6 is 0 Å². The zero-order chi connectivity index (χ0) is 9.26. The van der Waals surface area contributed by atoms with Crippen LogP contribution in [0.2, 0.25) is 0 Å². The Morgan fingerprint density at radius 3 is 2.69 bits per heavy atom. The summed E-state index contributed by atoms with van der Waals surface area (Å²) in [5.74, 6) is 0. The molecular weight excluding hydrogens is 156 g/mol. The molecule has 2 rings (SSSR count). The van der Waals surface area contributed by atoms with E-state index in [1.807, 2.05) is 0 Å². The van der Waals surface area contributed by atoms with Crippen LogP contribution in [0.15, 0.2) is 46.6 Å². The first-order valence-corrected chi connectivity index (χ1v) is 5.00. The molecule has 0 aromatic carbocycles. The topological polar surface area (TPSA) is 0 Å². The van der Waals surface area contributed by atoms with Gasteiger partial charge in [0.15, 0.2) is 0 Å². The van der Waals surface area contributed by atoms with Gasteiger partial charge in [-0.2, -0.15) is 0 Å². The predicted molar refractivity (Wildman–Crippen MR) is 57.5 cm³/mol. The molecule has 0 aromatic heterocycles. The zero-order valence-corrected chi connectivity index (χ0v) is 8.43. The Morgan fingerprint density at radius 2 is 1.85 bits per heavy atom. The number of rotatable bonds is 0. The molecule has 13 heavy (non-hydrogen) atoms. The van der Waals surface area contributed by atoms with Gasteiger partial charge in [0.25, 0.3) is 0 Å². The summed E-state index contributed by atoms with van der Waals surface area (Å²) in [6.45, 7) is 4.40. The molecule has 0 radical (unpaired) electrons. The van der Waals surface area contributed by atoms with Crippen molar-refractivity contribution in [3.63, 3.8) is 0 Å². The minimum absolute atomic E-state index is 1.12. The Balaban J connectivity index is 2.34. The summed E-state index contributed by atoms with van der Waals surface area (Å²) >= 11 is 0. The minimum atomic E-state index is 1.12. The zero-order valence-electron chi connectivity index (χ0n) is 8.43. The summed E-state index contributed by atoms with van der Waals surface area (Å²) < 4.78 is 0. The molecule has 0 atom stereocenters. The molecule has 0 spiro atoms. The molecule has 2 aliphatic carbocycles. The van der Waals surface area contributed by atoms with E-state index in [0.717, 1.165) is 6.42 Å². The van der Waals surface area contributed by atoms with Crippen LogP contribution in [0.4, 0.5) is 0 Å². The van der Waals surface area contributed by atoms with Gasteiger partial charge in [0, 0.05) is 0 Å². The van der Waals surface area contributed by atoms with Gasteiger partial charge in [-0.3, -0.25) is 0 Å². The minimum Gasteiger partial charge on any atom is -0.0772 e. The van der Waals surface area contributed by atoms with Crippen molar-refractivity contribution in [1.29, 1.82) is 0 Å². The lowest BCUT2D eigenvalue weighted by atomic mass is 9.92. The van der Waals surface area contributed by atoms with E-state index >= 15 is 0 Å². The lowest BCUT2D eigenvalue weighted by Crippen LogP contribution is -1.94. The third kappa shape index (κ3) is 1.82. The van der Waals surface area contributed by atoms with Gasteiger partial charge in [0.1, 0.15) is 0 Å². The second-order valence-electron chi connectivity index (χ2n) is 4.03. The van der Waals surface area contributed by atoms with Crippen LogP contribution in [-0.4, -0.2) is 0 Å². The molecule has 68 valence electrons. The Kier molecular flexibility index (Phi) is 2.22. The van der Waals surface area contributed by atoms with Gasteiger partial charge in [0.05, 0.1) is 0 Å². The third-order valence-corrected chi connectivity index (χ3v) is 2.81. The molecule has 0 aliphatic heterocycles. The van der Waals surface area contributed by atoms with Gasteiger partial charge >= 0.3 is 0 Å². The maximum absolute atomic E-state index is 2.36. The van der Waals surface area contributed by atoms with Crippen LogP contribution in [0, 0.1) is 0 Å². The maximum atomic E-state index is 2.36. The van der Waals surface area contributed by atoms with Gasteiger partial charge in [-0.15, -0.1) is 0 Å². The van der Waals surface area contributed by atoms with E-state index < -0.39 is 0 Å². The highest BCUT2D eigenvalue weighted by Gasteiger charge is 2.09. The first-order chi connectivity index (χ1) is 6.25. The Labute approximate surface area is 80.3 Å². The summed E-state index contributed by atoms with van der Waals surface area (Å²) in [4.78, 5) is 0. The monoisotopic (exact) mass is 172 g/mol. The summed E-state index contributed by atoms with van der Waals surface area (Å²) in [7, 11) is 0. The predicted octanol–water partition coefficient (Wildman–Crippen LogP) is 3.93.